The third-order valence-electron chi connectivity index (χ3n) is 2.81. The molecule has 0 aliphatic carbocycles. The Morgan fingerprint density at radius 2 is 1.18 bits per heavy atom. The van der Waals surface area contributed by atoms with Crippen LogP contribution in [0.3, 0.4) is 0 Å². The predicted molar refractivity (Wildman–Crippen MR) is 75.6 cm³/mol. The maximum Gasteiger partial charge on any atom is 0.269 e. The molecule has 0 fully saturated rings. The van der Waals surface area contributed by atoms with Crippen molar-refractivity contribution in [1.82, 2.24) is 0 Å². The molecule has 1 aromatic carbocycles. The van der Waals surface area contributed by atoms with Crippen molar-refractivity contribution in [1.29, 1.82) is 21.0 Å². The molecule has 0 unspecified atom stereocenters. The molecule has 0 amide bonds. The Morgan fingerprint density at radius 3 is 1.41 bits per heavy atom. The molecule has 0 spiro atoms. The van der Waals surface area contributed by atoms with E-state index in [2.05, 4.69) is 9.69 Å². The molecule has 0 bridgehead atoms. The molecule has 0 saturated heterocycles. The van der Waals surface area contributed by atoms with Crippen LogP contribution in [0, 0.1) is 58.5 Å². The first-order valence-corrected chi connectivity index (χ1v) is 5.86. The zero-order valence-electron chi connectivity index (χ0n) is 11.3. The summed E-state index contributed by atoms with van der Waals surface area (Å²) in [6, 6.07) is 10.2. The summed E-state index contributed by atoms with van der Waals surface area (Å²) in [6.45, 7) is 14.0. The van der Waals surface area contributed by atoms with Crippen molar-refractivity contribution >= 4 is 11.4 Å². The van der Waals surface area contributed by atoms with Crippen molar-refractivity contribution in [3.05, 3.63) is 56.5 Å². The van der Waals surface area contributed by atoms with E-state index in [9.17, 15) is 0 Å². The summed E-state index contributed by atoms with van der Waals surface area (Å²) in [5.41, 5.74) is 0.362. The summed E-state index contributed by atoms with van der Waals surface area (Å²) >= 11 is 0. The van der Waals surface area contributed by atoms with Crippen LogP contribution in [0.5, 0.6) is 0 Å². The minimum atomic E-state index is -0.197. The Kier molecular flexibility index (Phi) is 5.42. The smallest absolute Gasteiger partial charge is 0.226 e. The van der Waals surface area contributed by atoms with Gasteiger partial charge in [0.2, 0.25) is 0 Å². The van der Waals surface area contributed by atoms with Gasteiger partial charge in [0.25, 0.3) is 11.4 Å². The van der Waals surface area contributed by atoms with Crippen molar-refractivity contribution < 1.29 is 0 Å². The Morgan fingerprint density at radius 1 is 0.818 bits per heavy atom. The lowest BCUT2D eigenvalue weighted by Gasteiger charge is -2.04. The summed E-state index contributed by atoms with van der Waals surface area (Å²) in [5, 5.41) is 36.3. The van der Waals surface area contributed by atoms with Crippen LogP contribution in [0.2, 0.25) is 0 Å². The molecule has 0 aromatic heterocycles. The molecule has 0 aliphatic rings. The topological polar surface area (TPSA) is 104 Å². The quantitative estimate of drug-likeness (QED) is 0.752. The normalized spacial score (nSPS) is 11.4. The molecule has 6 nitrogen and oxygen atoms in total. The summed E-state index contributed by atoms with van der Waals surface area (Å²) in [5.74, 6) is 0. The zero-order valence-corrected chi connectivity index (χ0v) is 11.3. The average molecular weight is 282 g/mol. The monoisotopic (exact) mass is 282 g/mol. The summed E-state index contributed by atoms with van der Waals surface area (Å²) in [4.78, 5) is 6.23. The van der Waals surface area contributed by atoms with Crippen molar-refractivity contribution in [2.75, 3.05) is 0 Å². The average Bonchev–Trinajstić information content (AvgIpc) is 2.53. The van der Waals surface area contributed by atoms with Crippen LogP contribution in [0.15, 0.2) is 12.1 Å². The fourth-order valence-electron chi connectivity index (χ4n) is 1.88. The molecular weight excluding hydrogens is 276 g/mol. The molecule has 1 aromatic rings. The molecule has 22 heavy (non-hydrogen) atoms. The Bertz CT molecular complexity index is 873. The van der Waals surface area contributed by atoms with Crippen LogP contribution < -0.4 is 10.4 Å². The van der Waals surface area contributed by atoms with Crippen molar-refractivity contribution in [3.8, 4) is 24.3 Å². The molecule has 100 valence electrons. The van der Waals surface area contributed by atoms with Gasteiger partial charge in [0.1, 0.15) is 0 Å². The number of hydrogen-bond acceptors (Lipinski definition) is 4. The van der Waals surface area contributed by atoms with Gasteiger partial charge in [0.15, 0.2) is 0 Å². The lowest BCUT2D eigenvalue weighted by molar-refractivity contribution is 1.16. The van der Waals surface area contributed by atoms with Crippen LogP contribution in [0.1, 0.15) is 11.1 Å². The molecular formula is C16H6N6. The van der Waals surface area contributed by atoms with Crippen LogP contribution >= 0.6 is 0 Å². The van der Waals surface area contributed by atoms with Crippen molar-refractivity contribution in [2.24, 2.45) is 0 Å². The highest BCUT2D eigenvalue weighted by atomic mass is 14.7. The molecule has 0 saturated carbocycles. The van der Waals surface area contributed by atoms with Gasteiger partial charge >= 0.3 is 0 Å². The van der Waals surface area contributed by atoms with Gasteiger partial charge in [-0.3, -0.25) is 0 Å². The molecule has 0 aliphatic heterocycles. The van der Waals surface area contributed by atoms with E-state index in [0.717, 1.165) is 0 Å². The van der Waals surface area contributed by atoms with Crippen molar-refractivity contribution in [2.45, 2.75) is 12.8 Å². The maximum atomic E-state index is 9.01. The SMILES string of the molecule is [C-]#[N+]/C(C#N)=c1/cc(CC#N)/c(=C(\C#N)[N+]#[C-])cc1CC#N. The van der Waals surface area contributed by atoms with E-state index < -0.39 is 0 Å². The van der Waals surface area contributed by atoms with E-state index >= 15 is 0 Å². The minimum Gasteiger partial charge on any atom is -0.226 e. The largest absolute Gasteiger partial charge is 0.269 e. The van der Waals surface area contributed by atoms with Crippen molar-refractivity contribution in [3.63, 3.8) is 0 Å². The number of nitrogens with zero attached hydrogens (tertiary/aromatic N) is 6. The van der Waals surface area contributed by atoms with Gasteiger partial charge in [-0.2, -0.15) is 10.5 Å². The minimum absolute atomic E-state index is 0.0768. The van der Waals surface area contributed by atoms with E-state index in [-0.39, 0.29) is 34.7 Å². The highest BCUT2D eigenvalue weighted by Gasteiger charge is 2.09. The second-order valence-corrected chi connectivity index (χ2v) is 3.98. The second-order valence-electron chi connectivity index (χ2n) is 3.98. The molecule has 1 rings (SSSR count). The molecule has 0 atom stereocenters. The molecule has 0 radical (unpaired) electrons. The fraction of sp³-hybridized carbons (Fsp3) is 0.125. The Labute approximate surface area is 126 Å². The van der Waals surface area contributed by atoms with Gasteiger partial charge in [-0.1, -0.05) is 12.1 Å². The van der Waals surface area contributed by atoms with Crippen LogP contribution in [-0.4, -0.2) is 0 Å². The van der Waals surface area contributed by atoms with E-state index in [1.807, 2.05) is 12.1 Å². The lowest BCUT2D eigenvalue weighted by atomic mass is 9.99. The number of benzene rings is 1. The maximum absolute atomic E-state index is 9.01. The number of rotatable bonds is 2. The van der Waals surface area contributed by atoms with Crippen LogP contribution in [0.25, 0.3) is 21.1 Å². The van der Waals surface area contributed by atoms with Gasteiger partial charge in [-0.15, -0.1) is 0 Å². The van der Waals surface area contributed by atoms with Gasteiger partial charge < -0.3 is 0 Å². The third-order valence-corrected chi connectivity index (χ3v) is 2.81. The first-order valence-electron chi connectivity index (χ1n) is 5.86. The standard InChI is InChI=1S/C16H6N6/c1-21-15(9-19)13-7-12(4-6-18)14(16(10-20)22-2)8-11(13)3-5-17/h7-8H,3-4H2/b15-13-,16-14+. The van der Waals surface area contributed by atoms with Gasteiger partial charge in [-0.25, -0.2) is 20.2 Å². The Balaban J connectivity index is 4.13. The zero-order chi connectivity index (χ0) is 16.5. The molecule has 0 N–H and O–H groups in total. The second kappa shape index (κ2) is 7.48. The third kappa shape index (κ3) is 3.07. The van der Waals surface area contributed by atoms with Gasteiger partial charge in [0, 0.05) is 0 Å². The lowest BCUT2D eigenvalue weighted by Crippen LogP contribution is -2.22. The number of hydrogen-bond donors (Lipinski definition) is 0. The summed E-state index contributed by atoms with van der Waals surface area (Å²) < 4.78 is 0. The highest BCUT2D eigenvalue weighted by Crippen LogP contribution is 2.03. The fourth-order valence-corrected chi connectivity index (χ4v) is 1.88. The first-order chi connectivity index (χ1) is 10.7. The Hall–Kier alpha value is -4.10. The first kappa shape index (κ1) is 16.0. The van der Waals surface area contributed by atoms with Gasteiger partial charge in [-0.05, 0) is 21.6 Å². The molecule has 0 heterocycles. The van der Waals surface area contributed by atoms with E-state index in [1.54, 1.807) is 12.1 Å². The van der Waals surface area contributed by atoms with Gasteiger partial charge in [0.05, 0.1) is 50.3 Å². The highest BCUT2D eigenvalue weighted by molar-refractivity contribution is 5.70. The van der Waals surface area contributed by atoms with E-state index in [0.29, 0.717) is 11.1 Å². The van der Waals surface area contributed by atoms with E-state index in [1.165, 1.54) is 12.1 Å². The number of nitriles is 4. The van der Waals surface area contributed by atoms with Crippen LogP contribution in [0.4, 0.5) is 0 Å². The summed E-state index contributed by atoms with van der Waals surface area (Å²) in [7, 11) is 0. The molecule has 6 heteroatoms. The van der Waals surface area contributed by atoms with Crippen LogP contribution in [-0.2, 0) is 12.8 Å². The van der Waals surface area contributed by atoms with E-state index in [4.69, 9.17) is 34.2 Å². The predicted octanol–water partition coefficient (Wildman–Crippen LogP) is 0.921. The summed E-state index contributed by atoms with van der Waals surface area (Å²) in [6.07, 6.45) is -0.154.